The Morgan fingerprint density at radius 2 is 1.02 bits per heavy atom. The van der Waals surface area contributed by atoms with Crippen LogP contribution in [-0.4, -0.2) is 50.3 Å². The van der Waals surface area contributed by atoms with Crippen molar-refractivity contribution in [2.24, 2.45) is 5.41 Å². The highest BCUT2D eigenvalue weighted by Gasteiger charge is 2.38. The van der Waals surface area contributed by atoms with Crippen LogP contribution in [0.4, 0.5) is 0 Å². The second-order valence-electron chi connectivity index (χ2n) is 10.0. The Bertz CT molecular complexity index is 841. The molecule has 0 fully saturated rings. The van der Waals surface area contributed by atoms with Gasteiger partial charge >= 0.3 is 23.9 Å². The Morgan fingerprint density at radius 1 is 0.575 bits per heavy atom. The molecule has 0 aromatic rings. The maximum atomic E-state index is 13.3. The molecule has 0 heterocycles. The summed E-state index contributed by atoms with van der Waals surface area (Å²) in [6.45, 7) is 13.7. The first-order chi connectivity index (χ1) is 19.1. The number of ether oxygens (including phenoxy) is 4. The molecule has 0 spiro atoms. The first kappa shape index (κ1) is 37.0. The second-order valence-corrected chi connectivity index (χ2v) is 10.0. The molecule has 0 rings (SSSR count). The Labute approximate surface area is 239 Å². The summed E-state index contributed by atoms with van der Waals surface area (Å²) in [7, 11) is 0. The van der Waals surface area contributed by atoms with Gasteiger partial charge in [0.1, 0.15) is 0 Å². The topological polar surface area (TPSA) is 124 Å². The molecule has 0 radical (unpaired) electrons. The minimum absolute atomic E-state index is 0.0834. The molecular weight excluding hydrogens is 520 g/mol. The van der Waals surface area contributed by atoms with E-state index in [2.05, 4.69) is 0 Å². The summed E-state index contributed by atoms with van der Waals surface area (Å²) in [5.41, 5.74) is -0.971. The lowest BCUT2D eigenvalue weighted by molar-refractivity contribution is -0.238. The van der Waals surface area contributed by atoms with Crippen LogP contribution in [-0.2, 0) is 47.9 Å². The molecule has 40 heavy (non-hydrogen) atoms. The van der Waals surface area contributed by atoms with Crippen LogP contribution in [0.25, 0.3) is 0 Å². The molecular formula is C30H50O10. The van der Waals surface area contributed by atoms with Crippen LogP contribution < -0.4 is 0 Å². The van der Waals surface area contributed by atoms with Crippen LogP contribution in [0, 0.1) is 5.41 Å². The Balaban J connectivity index is 6.50. The molecule has 0 saturated carbocycles. The number of hydrogen-bond donors (Lipinski definition) is 0. The van der Waals surface area contributed by atoms with E-state index in [-0.39, 0.29) is 32.0 Å². The summed E-state index contributed by atoms with van der Waals surface area (Å²) in [4.78, 5) is 62.2. The van der Waals surface area contributed by atoms with Crippen molar-refractivity contribution < 1.29 is 47.9 Å². The van der Waals surface area contributed by atoms with E-state index >= 15 is 0 Å². The van der Waals surface area contributed by atoms with E-state index in [0.717, 1.165) is 31.8 Å². The van der Waals surface area contributed by atoms with Crippen molar-refractivity contribution in [3.63, 3.8) is 0 Å². The van der Waals surface area contributed by atoms with Gasteiger partial charge in [-0.05, 0) is 32.1 Å². The highest BCUT2D eigenvalue weighted by Crippen LogP contribution is 2.36. The molecule has 0 N–H and O–H groups in total. The minimum Gasteiger partial charge on any atom is -0.462 e. The predicted octanol–water partition coefficient (Wildman–Crippen LogP) is 6.27. The minimum atomic E-state index is -0.987. The van der Waals surface area contributed by atoms with Gasteiger partial charge in [-0.2, -0.15) is 0 Å². The summed E-state index contributed by atoms with van der Waals surface area (Å²) in [6.07, 6.45) is 7.60. The number of rotatable bonds is 22. The molecule has 0 aromatic carbocycles. The first-order valence-corrected chi connectivity index (χ1v) is 14.6. The third-order valence-electron chi connectivity index (χ3n) is 5.77. The van der Waals surface area contributed by atoms with Gasteiger partial charge in [-0.3, -0.25) is 9.78 Å². The number of unbranched alkanes of at least 4 members (excludes halogenated alkanes) is 4. The van der Waals surface area contributed by atoms with Crippen LogP contribution in [0.3, 0.4) is 0 Å². The van der Waals surface area contributed by atoms with Crippen molar-refractivity contribution in [3.05, 3.63) is 23.2 Å². The molecule has 0 unspecified atom stereocenters. The average molecular weight is 571 g/mol. The van der Waals surface area contributed by atoms with E-state index in [0.29, 0.717) is 38.5 Å². The maximum absolute atomic E-state index is 13.3. The van der Waals surface area contributed by atoms with Gasteiger partial charge in [0.25, 0.3) is 11.5 Å². The third-order valence-corrected chi connectivity index (χ3v) is 5.77. The van der Waals surface area contributed by atoms with E-state index in [1.165, 1.54) is 0 Å². The molecule has 0 bridgehead atoms. The van der Waals surface area contributed by atoms with Gasteiger partial charge in [0.15, 0.2) is 0 Å². The van der Waals surface area contributed by atoms with E-state index in [4.69, 9.17) is 28.7 Å². The molecule has 0 atom stereocenters. The zero-order valence-electron chi connectivity index (χ0n) is 25.6. The van der Waals surface area contributed by atoms with Gasteiger partial charge in [-0.1, -0.05) is 80.6 Å². The SMILES string of the molecule is CCCCOC(=O)/C=C(/OO/C(C(=O)OCCCC)=C(/C(=O)OCCCC)C(C)(C)CCC)C(=O)OCCCC. The first-order valence-electron chi connectivity index (χ1n) is 14.6. The van der Waals surface area contributed by atoms with E-state index in [1.54, 1.807) is 13.8 Å². The lowest BCUT2D eigenvalue weighted by atomic mass is 9.79. The van der Waals surface area contributed by atoms with Crippen molar-refractivity contribution in [1.29, 1.82) is 0 Å². The number of esters is 4. The van der Waals surface area contributed by atoms with E-state index < -0.39 is 40.8 Å². The van der Waals surface area contributed by atoms with Crippen LogP contribution in [0.5, 0.6) is 0 Å². The molecule has 10 nitrogen and oxygen atoms in total. The van der Waals surface area contributed by atoms with Gasteiger partial charge < -0.3 is 18.9 Å². The molecule has 10 heteroatoms. The maximum Gasteiger partial charge on any atom is 0.379 e. The van der Waals surface area contributed by atoms with Crippen LogP contribution in [0.15, 0.2) is 23.2 Å². The van der Waals surface area contributed by atoms with Crippen LogP contribution >= 0.6 is 0 Å². The summed E-state index contributed by atoms with van der Waals surface area (Å²) >= 11 is 0. The molecule has 0 aromatic heterocycles. The van der Waals surface area contributed by atoms with Crippen LogP contribution in [0.1, 0.15) is 113 Å². The third kappa shape index (κ3) is 14.9. The summed E-state index contributed by atoms with van der Waals surface area (Å²) < 4.78 is 21.1. The quantitative estimate of drug-likeness (QED) is 0.0280. The van der Waals surface area contributed by atoms with Crippen molar-refractivity contribution in [2.75, 3.05) is 26.4 Å². The Kier molecular flexibility index (Phi) is 20.1. The summed E-state index contributed by atoms with van der Waals surface area (Å²) in [6, 6.07) is 0. The molecule has 0 aliphatic rings. The standard InChI is InChI=1S/C30H50O10/c1-8-13-18-35-24(31)22-23(27(32)36-19-14-9-2)39-40-26(29(34)38-21-16-11-4)25(30(6,7)17-12-5)28(33)37-20-15-10-3/h22H,8-21H2,1-7H3/b23-22+,26-25-. The van der Waals surface area contributed by atoms with Gasteiger partial charge in [0.05, 0.1) is 38.1 Å². The zero-order chi connectivity index (χ0) is 30.4. The predicted molar refractivity (Wildman–Crippen MR) is 149 cm³/mol. The van der Waals surface area contributed by atoms with Crippen molar-refractivity contribution in [1.82, 2.24) is 0 Å². The van der Waals surface area contributed by atoms with Gasteiger partial charge in [0.2, 0.25) is 0 Å². The second kappa shape index (κ2) is 21.7. The lowest BCUT2D eigenvalue weighted by Gasteiger charge is -2.27. The van der Waals surface area contributed by atoms with Gasteiger partial charge in [-0.15, -0.1) is 0 Å². The number of carbonyl (C=O) groups is 4. The fourth-order valence-electron chi connectivity index (χ4n) is 3.41. The van der Waals surface area contributed by atoms with Crippen molar-refractivity contribution in [2.45, 2.75) is 113 Å². The molecule has 230 valence electrons. The van der Waals surface area contributed by atoms with E-state index in [1.807, 2.05) is 34.6 Å². The molecule has 0 saturated heterocycles. The van der Waals surface area contributed by atoms with Crippen molar-refractivity contribution >= 4 is 23.9 Å². The van der Waals surface area contributed by atoms with Gasteiger partial charge in [-0.25, -0.2) is 19.2 Å². The van der Waals surface area contributed by atoms with Gasteiger partial charge in [0, 0.05) is 5.41 Å². The highest BCUT2D eigenvalue weighted by molar-refractivity contribution is 6.00. The summed E-state index contributed by atoms with van der Waals surface area (Å²) in [5.74, 6) is -4.73. The average Bonchev–Trinajstić information content (AvgIpc) is 2.90. The molecule has 0 aliphatic heterocycles. The zero-order valence-corrected chi connectivity index (χ0v) is 25.6. The number of carbonyl (C=O) groups excluding carboxylic acids is 4. The number of hydrogen-bond acceptors (Lipinski definition) is 10. The lowest BCUT2D eigenvalue weighted by Crippen LogP contribution is -2.29. The molecule has 0 amide bonds. The summed E-state index contributed by atoms with van der Waals surface area (Å²) in [5, 5.41) is 0. The normalized spacial score (nSPS) is 12.2. The Morgan fingerprint density at radius 3 is 1.50 bits per heavy atom. The largest absolute Gasteiger partial charge is 0.462 e. The van der Waals surface area contributed by atoms with Crippen LogP contribution in [0.2, 0.25) is 0 Å². The highest BCUT2D eigenvalue weighted by atomic mass is 17.2. The fraction of sp³-hybridized carbons (Fsp3) is 0.733. The van der Waals surface area contributed by atoms with E-state index in [9.17, 15) is 19.2 Å². The smallest absolute Gasteiger partial charge is 0.379 e. The van der Waals surface area contributed by atoms with Crippen molar-refractivity contribution in [3.8, 4) is 0 Å². The molecule has 0 aliphatic carbocycles. The fourth-order valence-corrected chi connectivity index (χ4v) is 3.41. The monoisotopic (exact) mass is 570 g/mol. The Hall–Kier alpha value is -3.04.